The molecule has 0 spiro atoms. The fraction of sp³-hybridized carbons (Fsp3) is 0.875. The van der Waals surface area contributed by atoms with E-state index in [9.17, 15) is 14.7 Å². The number of likely N-dealkylation sites (tertiary alicyclic amines) is 1. The first-order valence-corrected chi connectivity index (χ1v) is 8.33. The molecule has 3 aliphatic rings. The minimum atomic E-state index is -0.804. The van der Waals surface area contributed by atoms with Gasteiger partial charge in [0.2, 0.25) is 0 Å². The second kappa shape index (κ2) is 5.50. The summed E-state index contributed by atoms with van der Waals surface area (Å²) in [7, 11) is 0. The average Bonchev–Trinajstić information content (AvgIpc) is 3.04. The van der Waals surface area contributed by atoms with Gasteiger partial charge in [0.25, 0.3) is 0 Å². The van der Waals surface area contributed by atoms with Crippen LogP contribution in [0, 0.1) is 11.3 Å². The van der Waals surface area contributed by atoms with Crippen molar-refractivity contribution in [3.63, 3.8) is 0 Å². The third-order valence-electron chi connectivity index (χ3n) is 6.02. The summed E-state index contributed by atoms with van der Waals surface area (Å²) in [5, 5.41) is 12.5. The standard InChI is InChI=1S/C16H26N2O3/c1-16(14(19)20)9-4-7-13(16)17-15(21)18-10-8-11-5-2-3-6-12(11)18/h11-13H,2-10H2,1H3,(H,17,21)(H,19,20). The molecule has 0 radical (unpaired) electrons. The van der Waals surface area contributed by atoms with Crippen molar-refractivity contribution < 1.29 is 14.7 Å². The summed E-state index contributed by atoms with van der Waals surface area (Å²) < 4.78 is 0. The van der Waals surface area contributed by atoms with Crippen molar-refractivity contribution in [3.05, 3.63) is 0 Å². The molecule has 4 unspecified atom stereocenters. The summed E-state index contributed by atoms with van der Waals surface area (Å²) in [6.07, 6.45) is 8.26. The molecule has 1 heterocycles. The van der Waals surface area contributed by atoms with Crippen LogP contribution < -0.4 is 5.32 Å². The zero-order valence-corrected chi connectivity index (χ0v) is 12.8. The summed E-state index contributed by atoms with van der Waals surface area (Å²) >= 11 is 0. The van der Waals surface area contributed by atoms with E-state index in [-0.39, 0.29) is 12.1 Å². The van der Waals surface area contributed by atoms with Gasteiger partial charge in [-0.2, -0.15) is 0 Å². The van der Waals surface area contributed by atoms with Crippen LogP contribution in [0.5, 0.6) is 0 Å². The first kappa shape index (κ1) is 14.7. The monoisotopic (exact) mass is 294 g/mol. The molecule has 2 saturated carbocycles. The zero-order chi connectivity index (χ0) is 15.0. The topological polar surface area (TPSA) is 69.6 Å². The number of rotatable bonds is 2. The van der Waals surface area contributed by atoms with E-state index in [1.807, 2.05) is 4.90 Å². The Morgan fingerprint density at radius 2 is 1.90 bits per heavy atom. The highest BCUT2D eigenvalue weighted by atomic mass is 16.4. The number of fused-ring (bicyclic) bond motifs is 1. The highest BCUT2D eigenvalue weighted by Gasteiger charge is 2.47. The van der Waals surface area contributed by atoms with Crippen LogP contribution in [0.4, 0.5) is 4.79 Å². The Morgan fingerprint density at radius 1 is 1.14 bits per heavy atom. The largest absolute Gasteiger partial charge is 0.481 e. The van der Waals surface area contributed by atoms with Crippen molar-refractivity contribution in [1.82, 2.24) is 10.2 Å². The van der Waals surface area contributed by atoms with Crippen molar-refractivity contribution in [2.45, 2.75) is 70.4 Å². The lowest BCUT2D eigenvalue weighted by Gasteiger charge is -2.34. The Hall–Kier alpha value is -1.26. The smallest absolute Gasteiger partial charge is 0.317 e. The summed E-state index contributed by atoms with van der Waals surface area (Å²) in [5.74, 6) is -0.124. The number of hydrogen-bond donors (Lipinski definition) is 2. The maximum Gasteiger partial charge on any atom is 0.317 e. The van der Waals surface area contributed by atoms with Crippen LogP contribution in [0.1, 0.15) is 58.3 Å². The number of carboxylic acids is 1. The van der Waals surface area contributed by atoms with E-state index in [2.05, 4.69) is 5.32 Å². The number of hydrogen-bond acceptors (Lipinski definition) is 2. The van der Waals surface area contributed by atoms with Crippen molar-refractivity contribution in [2.75, 3.05) is 6.54 Å². The molecule has 1 saturated heterocycles. The third kappa shape index (κ3) is 2.51. The van der Waals surface area contributed by atoms with Crippen molar-refractivity contribution in [3.8, 4) is 0 Å². The van der Waals surface area contributed by atoms with Crippen LogP contribution in [0.25, 0.3) is 0 Å². The summed E-state index contributed by atoms with van der Waals surface area (Å²) in [5.41, 5.74) is -0.804. The van der Waals surface area contributed by atoms with E-state index in [1.165, 1.54) is 19.3 Å². The molecule has 2 amide bonds. The van der Waals surface area contributed by atoms with Gasteiger partial charge in [-0.15, -0.1) is 0 Å². The first-order valence-electron chi connectivity index (χ1n) is 8.33. The predicted octanol–water partition coefficient (Wildman–Crippen LogP) is 2.60. The fourth-order valence-electron chi connectivity index (χ4n) is 4.54. The molecule has 0 bridgehead atoms. The van der Waals surface area contributed by atoms with Crippen LogP contribution in [0.15, 0.2) is 0 Å². The van der Waals surface area contributed by atoms with Crippen molar-refractivity contribution in [2.24, 2.45) is 11.3 Å². The maximum absolute atomic E-state index is 12.6. The van der Waals surface area contributed by atoms with Gasteiger partial charge in [-0.25, -0.2) is 4.79 Å². The maximum atomic E-state index is 12.6. The molecule has 5 nitrogen and oxygen atoms in total. The lowest BCUT2D eigenvalue weighted by atomic mass is 9.84. The highest BCUT2D eigenvalue weighted by Crippen LogP contribution is 2.39. The molecule has 5 heteroatoms. The highest BCUT2D eigenvalue weighted by molar-refractivity contribution is 5.79. The van der Waals surface area contributed by atoms with Gasteiger partial charge in [0.05, 0.1) is 5.41 Å². The van der Waals surface area contributed by atoms with Crippen LogP contribution in [0.3, 0.4) is 0 Å². The molecule has 0 aromatic rings. The third-order valence-corrected chi connectivity index (χ3v) is 6.02. The molecule has 2 N–H and O–H groups in total. The fourth-order valence-corrected chi connectivity index (χ4v) is 4.54. The summed E-state index contributed by atoms with van der Waals surface area (Å²) in [6.45, 7) is 2.60. The van der Waals surface area contributed by atoms with Crippen LogP contribution >= 0.6 is 0 Å². The van der Waals surface area contributed by atoms with Crippen LogP contribution in [0.2, 0.25) is 0 Å². The number of amides is 2. The molecule has 21 heavy (non-hydrogen) atoms. The van der Waals surface area contributed by atoms with Gasteiger partial charge in [0.1, 0.15) is 0 Å². The van der Waals surface area contributed by atoms with E-state index >= 15 is 0 Å². The molecule has 118 valence electrons. The quantitative estimate of drug-likeness (QED) is 0.822. The number of aliphatic carboxylic acids is 1. The Morgan fingerprint density at radius 3 is 2.67 bits per heavy atom. The number of carbonyl (C=O) groups excluding carboxylic acids is 1. The summed E-state index contributed by atoms with van der Waals surface area (Å²) in [4.78, 5) is 26.1. The zero-order valence-electron chi connectivity index (χ0n) is 12.8. The Bertz CT molecular complexity index is 439. The minimum absolute atomic E-state index is 0.0382. The lowest BCUT2D eigenvalue weighted by molar-refractivity contribution is -0.148. The summed E-state index contributed by atoms with van der Waals surface area (Å²) in [6, 6.07) is 0.116. The number of urea groups is 1. The normalized spacial score (nSPS) is 39.1. The predicted molar refractivity (Wildman–Crippen MR) is 79.0 cm³/mol. The minimum Gasteiger partial charge on any atom is -0.481 e. The molecule has 2 aliphatic carbocycles. The SMILES string of the molecule is CC1(C(=O)O)CCCC1NC(=O)N1CCC2CCCCC21. The molecule has 3 fully saturated rings. The Labute approximate surface area is 126 Å². The van der Waals surface area contributed by atoms with Crippen molar-refractivity contribution in [1.29, 1.82) is 0 Å². The van der Waals surface area contributed by atoms with Gasteiger partial charge in [-0.05, 0) is 44.9 Å². The van der Waals surface area contributed by atoms with Gasteiger partial charge >= 0.3 is 12.0 Å². The van der Waals surface area contributed by atoms with E-state index in [0.29, 0.717) is 18.4 Å². The number of carbonyl (C=O) groups is 2. The first-order chi connectivity index (χ1) is 10.0. The van der Waals surface area contributed by atoms with E-state index in [1.54, 1.807) is 6.92 Å². The average molecular weight is 294 g/mol. The molecule has 3 rings (SSSR count). The van der Waals surface area contributed by atoms with Gasteiger partial charge in [-0.3, -0.25) is 4.79 Å². The Balaban J connectivity index is 1.65. The molecule has 1 aliphatic heterocycles. The molecular formula is C16H26N2O3. The molecular weight excluding hydrogens is 268 g/mol. The van der Waals surface area contributed by atoms with Gasteiger partial charge in [-0.1, -0.05) is 19.3 Å². The second-order valence-electron chi connectivity index (χ2n) is 7.21. The van der Waals surface area contributed by atoms with Crippen LogP contribution in [-0.2, 0) is 4.79 Å². The van der Waals surface area contributed by atoms with Gasteiger partial charge in [0, 0.05) is 18.6 Å². The van der Waals surface area contributed by atoms with Crippen LogP contribution in [-0.4, -0.2) is 40.6 Å². The lowest BCUT2D eigenvalue weighted by Crippen LogP contribution is -2.53. The molecule has 4 atom stereocenters. The molecule has 0 aromatic carbocycles. The Kier molecular flexibility index (Phi) is 3.84. The van der Waals surface area contributed by atoms with Gasteiger partial charge in [0.15, 0.2) is 0 Å². The molecule has 0 aromatic heterocycles. The number of nitrogens with zero attached hydrogens (tertiary/aromatic N) is 1. The van der Waals surface area contributed by atoms with E-state index in [0.717, 1.165) is 32.2 Å². The van der Waals surface area contributed by atoms with E-state index < -0.39 is 11.4 Å². The number of carboxylic acid groups (broad SMARTS) is 1. The second-order valence-corrected chi connectivity index (χ2v) is 7.21. The van der Waals surface area contributed by atoms with E-state index in [4.69, 9.17) is 0 Å². The number of nitrogens with one attached hydrogen (secondary N) is 1. The van der Waals surface area contributed by atoms with Gasteiger partial charge < -0.3 is 15.3 Å². The van der Waals surface area contributed by atoms with Crippen molar-refractivity contribution >= 4 is 12.0 Å².